The SMILES string of the molecule is CCc1ccccc1NC(=O)C[NH+]1CC[NH+]([C@@H](C)C(=O)NC2CCCCC2)CC1. The van der Waals surface area contributed by atoms with Crippen LogP contribution in [0.4, 0.5) is 5.69 Å². The van der Waals surface area contributed by atoms with Gasteiger partial charge in [-0.3, -0.25) is 9.59 Å². The van der Waals surface area contributed by atoms with Crippen molar-refractivity contribution in [2.45, 2.75) is 64.5 Å². The molecule has 0 spiro atoms. The van der Waals surface area contributed by atoms with Gasteiger partial charge >= 0.3 is 0 Å². The smallest absolute Gasteiger partial charge is 0.279 e. The molecule has 0 bridgehead atoms. The van der Waals surface area contributed by atoms with E-state index in [1.54, 1.807) is 0 Å². The van der Waals surface area contributed by atoms with Gasteiger partial charge in [-0.05, 0) is 37.8 Å². The Hall–Kier alpha value is -1.92. The van der Waals surface area contributed by atoms with Gasteiger partial charge in [-0.1, -0.05) is 44.4 Å². The Bertz CT molecular complexity index is 679. The Kier molecular flexibility index (Phi) is 8.07. The van der Waals surface area contributed by atoms with Crippen LogP contribution in [-0.4, -0.2) is 56.6 Å². The van der Waals surface area contributed by atoms with Crippen molar-refractivity contribution in [1.29, 1.82) is 0 Å². The molecule has 1 aromatic carbocycles. The molecule has 6 heteroatoms. The van der Waals surface area contributed by atoms with Gasteiger partial charge in [0.2, 0.25) is 0 Å². The Morgan fingerprint density at radius 1 is 1.07 bits per heavy atom. The first-order chi connectivity index (χ1) is 14.1. The van der Waals surface area contributed by atoms with Crippen LogP contribution in [0.3, 0.4) is 0 Å². The second-order valence-corrected chi connectivity index (χ2v) is 8.71. The van der Waals surface area contributed by atoms with Gasteiger partial charge < -0.3 is 20.4 Å². The number of para-hydroxylation sites is 1. The van der Waals surface area contributed by atoms with Gasteiger partial charge in [-0.2, -0.15) is 0 Å². The zero-order valence-corrected chi connectivity index (χ0v) is 18.1. The molecule has 1 saturated heterocycles. The molecule has 1 saturated carbocycles. The Balaban J connectivity index is 1.41. The van der Waals surface area contributed by atoms with Crippen molar-refractivity contribution in [1.82, 2.24) is 5.32 Å². The number of carbonyl (C=O) groups excluding carboxylic acids is 2. The van der Waals surface area contributed by atoms with Crippen molar-refractivity contribution in [2.24, 2.45) is 0 Å². The summed E-state index contributed by atoms with van der Waals surface area (Å²) >= 11 is 0. The van der Waals surface area contributed by atoms with Crippen LogP contribution in [-0.2, 0) is 16.0 Å². The molecule has 1 heterocycles. The highest BCUT2D eigenvalue weighted by atomic mass is 16.2. The number of aryl methyl sites for hydroxylation is 1. The van der Waals surface area contributed by atoms with Gasteiger partial charge in [0.15, 0.2) is 12.6 Å². The van der Waals surface area contributed by atoms with Crippen molar-refractivity contribution in [2.75, 3.05) is 38.0 Å². The number of amides is 2. The predicted octanol–water partition coefficient (Wildman–Crippen LogP) is -0.192. The summed E-state index contributed by atoms with van der Waals surface area (Å²) in [5.41, 5.74) is 2.10. The summed E-state index contributed by atoms with van der Waals surface area (Å²) in [6, 6.07) is 8.37. The largest absolute Gasteiger partial charge is 0.348 e. The molecule has 1 atom stereocenters. The molecule has 0 radical (unpaired) electrons. The average molecular weight is 403 g/mol. The highest BCUT2D eigenvalue weighted by Gasteiger charge is 2.32. The summed E-state index contributed by atoms with van der Waals surface area (Å²) < 4.78 is 0. The van der Waals surface area contributed by atoms with Crippen LogP contribution in [0.2, 0.25) is 0 Å². The number of benzene rings is 1. The molecular formula is C23H38N4O2+2. The number of anilines is 1. The minimum Gasteiger partial charge on any atom is -0.348 e. The molecular weight excluding hydrogens is 364 g/mol. The van der Waals surface area contributed by atoms with Crippen LogP contribution < -0.4 is 20.4 Å². The average Bonchev–Trinajstić information content (AvgIpc) is 2.75. The molecule has 1 aliphatic carbocycles. The fraction of sp³-hybridized carbons (Fsp3) is 0.652. The van der Waals surface area contributed by atoms with Gasteiger partial charge in [0.1, 0.15) is 26.2 Å². The number of hydrogen-bond acceptors (Lipinski definition) is 2. The van der Waals surface area contributed by atoms with Gasteiger partial charge in [0.05, 0.1) is 0 Å². The van der Waals surface area contributed by atoms with Crippen LogP contribution in [0.25, 0.3) is 0 Å². The molecule has 2 fully saturated rings. The lowest BCUT2D eigenvalue weighted by Gasteiger charge is -2.33. The van der Waals surface area contributed by atoms with Gasteiger partial charge in [-0.25, -0.2) is 0 Å². The van der Waals surface area contributed by atoms with Crippen molar-refractivity contribution in [3.05, 3.63) is 29.8 Å². The minimum absolute atomic E-state index is 0.0104. The fourth-order valence-electron chi connectivity index (χ4n) is 4.66. The van der Waals surface area contributed by atoms with Crippen molar-refractivity contribution < 1.29 is 19.4 Å². The predicted molar refractivity (Wildman–Crippen MR) is 115 cm³/mol. The second kappa shape index (κ2) is 10.7. The second-order valence-electron chi connectivity index (χ2n) is 8.71. The van der Waals surface area contributed by atoms with E-state index >= 15 is 0 Å². The maximum absolute atomic E-state index is 12.6. The topological polar surface area (TPSA) is 67.1 Å². The van der Waals surface area contributed by atoms with Crippen LogP contribution >= 0.6 is 0 Å². The molecule has 0 aromatic heterocycles. The molecule has 0 unspecified atom stereocenters. The highest BCUT2D eigenvalue weighted by molar-refractivity contribution is 5.92. The van der Waals surface area contributed by atoms with E-state index in [2.05, 4.69) is 23.6 Å². The third kappa shape index (κ3) is 6.28. The highest BCUT2D eigenvalue weighted by Crippen LogP contribution is 2.17. The molecule has 1 aliphatic heterocycles. The lowest BCUT2D eigenvalue weighted by molar-refractivity contribution is -1.01. The first-order valence-electron chi connectivity index (χ1n) is 11.4. The van der Waals surface area contributed by atoms with Gasteiger partial charge in [0.25, 0.3) is 11.8 Å². The monoisotopic (exact) mass is 402 g/mol. The van der Waals surface area contributed by atoms with Gasteiger partial charge in [-0.15, -0.1) is 0 Å². The normalized spacial score (nSPS) is 23.9. The summed E-state index contributed by atoms with van der Waals surface area (Å²) in [6.45, 7) is 8.38. The maximum atomic E-state index is 12.6. The number of rotatable bonds is 7. The number of quaternary nitrogens is 2. The molecule has 6 nitrogen and oxygen atoms in total. The lowest BCUT2D eigenvalue weighted by atomic mass is 9.95. The number of nitrogens with one attached hydrogen (secondary N) is 4. The molecule has 29 heavy (non-hydrogen) atoms. The molecule has 4 N–H and O–H groups in total. The summed E-state index contributed by atoms with van der Waals surface area (Å²) in [4.78, 5) is 27.8. The van der Waals surface area contributed by atoms with Gasteiger partial charge in [0, 0.05) is 11.7 Å². The van der Waals surface area contributed by atoms with E-state index in [4.69, 9.17) is 0 Å². The maximum Gasteiger partial charge on any atom is 0.279 e. The number of piperazine rings is 1. The Labute approximate surface area is 175 Å². The van der Waals surface area contributed by atoms with E-state index in [9.17, 15) is 9.59 Å². The lowest BCUT2D eigenvalue weighted by Crippen LogP contribution is -3.30. The van der Waals surface area contributed by atoms with Crippen LogP contribution in [0.15, 0.2) is 24.3 Å². The summed E-state index contributed by atoms with van der Waals surface area (Å²) in [7, 11) is 0. The van der Waals surface area contributed by atoms with Crippen molar-refractivity contribution in [3.8, 4) is 0 Å². The quantitative estimate of drug-likeness (QED) is 0.511. The third-order valence-corrected chi connectivity index (χ3v) is 6.64. The summed E-state index contributed by atoms with van der Waals surface area (Å²) in [5, 5.41) is 6.34. The number of carbonyl (C=O) groups is 2. The zero-order valence-electron chi connectivity index (χ0n) is 18.1. The molecule has 160 valence electrons. The van der Waals surface area contributed by atoms with E-state index in [0.717, 1.165) is 51.1 Å². The minimum atomic E-state index is -0.0104. The molecule has 2 aliphatic rings. The molecule has 1 aromatic rings. The van der Waals surface area contributed by atoms with E-state index < -0.39 is 0 Å². The molecule has 3 rings (SSSR count). The van der Waals surface area contributed by atoms with E-state index in [1.807, 2.05) is 25.1 Å². The first-order valence-corrected chi connectivity index (χ1v) is 11.4. The van der Waals surface area contributed by atoms with Crippen LogP contribution in [0.1, 0.15) is 51.5 Å². The van der Waals surface area contributed by atoms with Crippen molar-refractivity contribution in [3.63, 3.8) is 0 Å². The van der Waals surface area contributed by atoms with Crippen LogP contribution in [0.5, 0.6) is 0 Å². The third-order valence-electron chi connectivity index (χ3n) is 6.64. The number of hydrogen-bond donors (Lipinski definition) is 4. The Morgan fingerprint density at radius 3 is 2.45 bits per heavy atom. The van der Waals surface area contributed by atoms with Crippen LogP contribution in [0, 0.1) is 0 Å². The van der Waals surface area contributed by atoms with E-state index in [0.29, 0.717) is 12.6 Å². The zero-order chi connectivity index (χ0) is 20.6. The standard InChI is InChI=1S/C23H36N4O2/c1-3-19-9-7-8-12-21(19)25-22(28)17-26-13-15-27(16-14-26)18(2)23(29)24-20-10-5-4-6-11-20/h7-9,12,18,20H,3-6,10-11,13-17H2,1-2H3,(H,24,29)(H,25,28)/p+2/t18-/m0/s1. The summed E-state index contributed by atoms with van der Waals surface area (Å²) in [5.74, 6) is 0.275. The van der Waals surface area contributed by atoms with E-state index in [1.165, 1.54) is 34.6 Å². The fourth-order valence-corrected chi connectivity index (χ4v) is 4.66. The molecule has 2 amide bonds. The Morgan fingerprint density at radius 2 is 1.76 bits per heavy atom. The van der Waals surface area contributed by atoms with E-state index in [-0.39, 0.29) is 17.9 Å². The first kappa shape index (κ1) is 21.8. The van der Waals surface area contributed by atoms with Crippen molar-refractivity contribution >= 4 is 17.5 Å². The summed E-state index contributed by atoms with van der Waals surface area (Å²) in [6.07, 6.45) is 6.93.